The predicted molar refractivity (Wildman–Crippen MR) is 104 cm³/mol. The third-order valence-corrected chi connectivity index (χ3v) is 7.58. The van der Waals surface area contributed by atoms with Crippen molar-refractivity contribution < 1.29 is 13.2 Å². The number of aromatic nitrogens is 2. The quantitative estimate of drug-likeness (QED) is 0.813. The zero-order chi connectivity index (χ0) is 19.9. The summed E-state index contributed by atoms with van der Waals surface area (Å²) in [4.78, 5) is 35.2. The summed E-state index contributed by atoms with van der Waals surface area (Å²) >= 11 is 0. The second-order valence-electron chi connectivity index (χ2n) is 8.25. The van der Waals surface area contributed by atoms with Gasteiger partial charge in [-0.2, -0.15) is 4.31 Å². The number of nitrogens with zero attached hydrogens (tertiary/aromatic N) is 3. The van der Waals surface area contributed by atoms with Crippen LogP contribution in [0.25, 0.3) is 0 Å². The SMILES string of the molecule is CS(=O)(=O)N1CCc2c(nc([C@@H]3CCCCN3C(=O)C3CCCC3)[nH]c2=O)C1. The van der Waals surface area contributed by atoms with Crippen LogP contribution >= 0.6 is 0 Å². The summed E-state index contributed by atoms with van der Waals surface area (Å²) in [7, 11) is -3.34. The first-order valence-corrected chi connectivity index (χ1v) is 12.1. The molecule has 1 aromatic heterocycles. The molecule has 8 nitrogen and oxygen atoms in total. The van der Waals surface area contributed by atoms with Gasteiger partial charge in [0.05, 0.1) is 24.5 Å². The molecule has 0 aromatic carbocycles. The maximum Gasteiger partial charge on any atom is 0.254 e. The lowest BCUT2D eigenvalue weighted by atomic mass is 9.97. The number of rotatable bonds is 3. The van der Waals surface area contributed by atoms with Gasteiger partial charge in [0.2, 0.25) is 15.9 Å². The Morgan fingerprint density at radius 3 is 2.54 bits per heavy atom. The van der Waals surface area contributed by atoms with Crippen molar-refractivity contribution in [3.05, 3.63) is 27.4 Å². The van der Waals surface area contributed by atoms with Crippen molar-refractivity contribution in [1.29, 1.82) is 0 Å². The summed E-state index contributed by atoms with van der Waals surface area (Å²) in [5.41, 5.74) is 0.884. The molecular formula is C19H28N4O4S. The van der Waals surface area contributed by atoms with Crippen LogP contribution in [0.1, 0.15) is 68.1 Å². The van der Waals surface area contributed by atoms with E-state index in [-0.39, 0.29) is 30.0 Å². The lowest BCUT2D eigenvalue weighted by Gasteiger charge is -2.37. The highest BCUT2D eigenvalue weighted by Gasteiger charge is 2.36. The second-order valence-corrected chi connectivity index (χ2v) is 10.2. The summed E-state index contributed by atoms with van der Waals surface area (Å²) in [5.74, 6) is 0.774. The highest BCUT2D eigenvalue weighted by Crippen LogP contribution is 2.34. The van der Waals surface area contributed by atoms with Gasteiger partial charge in [0.15, 0.2) is 0 Å². The van der Waals surface area contributed by atoms with Crippen molar-refractivity contribution in [3.8, 4) is 0 Å². The van der Waals surface area contributed by atoms with Gasteiger partial charge < -0.3 is 9.88 Å². The fourth-order valence-corrected chi connectivity index (χ4v) is 5.54. The van der Waals surface area contributed by atoms with Crippen LogP contribution in [0.5, 0.6) is 0 Å². The van der Waals surface area contributed by atoms with E-state index < -0.39 is 10.0 Å². The summed E-state index contributed by atoms with van der Waals surface area (Å²) < 4.78 is 25.2. The number of carbonyl (C=O) groups excluding carboxylic acids is 1. The van der Waals surface area contributed by atoms with Gasteiger partial charge in [-0.05, 0) is 38.5 Å². The molecular weight excluding hydrogens is 380 g/mol. The van der Waals surface area contributed by atoms with Gasteiger partial charge in [-0.25, -0.2) is 13.4 Å². The van der Waals surface area contributed by atoms with Crippen molar-refractivity contribution in [2.75, 3.05) is 19.3 Å². The molecule has 2 aliphatic heterocycles. The van der Waals surface area contributed by atoms with Crippen molar-refractivity contribution >= 4 is 15.9 Å². The van der Waals surface area contributed by atoms with Crippen molar-refractivity contribution in [3.63, 3.8) is 0 Å². The molecule has 3 heterocycles. The lowest BCUT2D eigenvalue weighted by molar-refractivity contribution is -0.139. The first-order chi connectivity index (χ1) is 13.3. The standard InChI is InChI=1S/C19H28N4O4S/c1-28(26,27)22-11-9-14-15(12-22)20-17(21-18(14)24)16-8-4-5-10-23(16)19(25)13-6-2-3-7-13/h13,16H,2-12H2,1H3,(H,20,21,24)/t16-/m0/s1. The molecule has 3 aliphatic rings. The van der Waals surface area contributed by atoms with E-state index in [1.165, 1.54) is 10.6 Å². The van der Waals surface area contributed by atoms with E-state index in [1.54, 1.807) is 0 Å². The summed E-state index contributed by atoms with van der Waals surface area (Å²) in [6.07, 6.45) is 8.35. The molecule has 0 radical (unpaired) electrons. The second kappa shape index (κ2) is 7.59. The lowest BCUT2D eigenvalue weighted by Crippen LogP contribution is -2.44. The molecule has 0 spiro atoms. The van der Waals surface area contributed by atoms with Crippen LogP contribution < -0.4 is 5.56 Å². The number of hydrogen-bond donors (Lipinski definition) is 1. The number of hydrogen-bond acceptors (Lipinski definition) is 5. The topological polar surface area (TPSA) is 103 Å². The average Bonchev–Trinajstić information content (AvgIpc) is 3.21. The van der Waals surface area contributed by atoms with Crippen LogP contribution in [0.4, 0.5) is 0 Å². The molecule has 154 valence electrons. The van der Waals surface area contributed by atoms with Crippen LogP contribution in [-0.2, 0) is 27.8 Å². The number of nitrogens with one attached hydrogen (secondary N) is 1. The van der Waals surface area contributed by atoms with Gasteiger partial charge >= 0.3 is 0 Å². The number of aromatic amines is 1. The minimum Gasteiger partial charge on any atom is -0.332 e. The molecule has 1 amide bonds. The van der Waals surface area contributed by atoms with Crippen LogP contribution in [0.15, 0.2) is 4.79 Å². The Morgan fingerprint density at radius 1 is 1.11 bits per heavy atom. The predicted octanol–water partition coefficient (Wildman–Crippen LogP) is 1.33. The first kappa shape index (κ1) is 19.6. The number of likely N-dealkylation sites (tertiary alicyclic amines) is 1. The minimum atomic E-state index is -3.34. The average molecular weight is 409 g/mol. The maximum atomic E-state index is 13.1. The number of piperidine rings is 1. The van der Waals surface area contributed by atoms with Crippen molar-refractivity contribution in [2.24, 2.45) is 5.92 Å². The van der Waals surface area contributed by atoms with Crippen LogP contribution in [0.3, 0.4) is 0 Å². The van der Waals surface area contributed by atoms with Gasteiger partial charge in [0.1, 0.15) is 5.82 Å². The molecule has 9 heteroatoms. The monoisotopic (exact) mass is 408 g/mol. The smallest absolute Gasteiger partial charge is 0.254 e. The number of fused-ring (bicyclic) bond motifs is 1. The molecule has 1 aromatic rings. The normalized spacial score (nSPS) is 24.3. The molecule has 1 saturated heterocycles. The van der Waals surface area contributed by atoms with E-state index in [0.717, 1.165) is 44.9 Å². The van der Waals surface area contributed by atoms with Gasteiger partial charge in [-0.15, -0.1) is 0 Å². The zero-order valence-electron chi connectivity index (χ0n) is 16.3. The molecule has 1 saturated carbocycles. The summed E-state index contributed by atoms with van der Waals surface area (Å²) in [6.45, 7) is 1.11. The molecule has 0 unspecified atom stereocenters. The Kier molecular flexibility index (Phi) is 5.30. The van der Waals surface area contributed by atoms with E-state index in [4.69, 9.17) is 0 Å². The Bertz CT molecular complexity index is 920. The third-order valence-electron chi connectivity index (χ3n) is 6.33. The van der Waals surface area contributed by atoms with Crippen LogP contribution in [-0.4, -0.2) is 52.8 Å². The van der Waals surface area contributed by atoms with Crippen LogP contribution in [0.2, 0.25) is 0 Å². The maximum absolute atomic E-state index is 13.1. The van der Waals surface area contributed by atoms with Crippen molar-refractivity contribution in [1.82, 2.24) is 19.2 Å². The Balaban J connectivity index is 1.65. The number of carbonyl (C=O) groups is 1. The Morgan fingerprint density at radius 2 is 1.82 bits per heavy atom. The summed E-state index contributed by atoms with van der Waals surface area (Å²) in [5, 5.41) is 0. The van der Waals surface area contributed by atoms with Gasteiger partial charge in [0, 0.05) is 24.6 Å². The highest BCUT2D eigenvalue weighted by molar-refractivity contribution is 7.88. The van der Waals surface area contributed by atoms with Gasteiger partial charge in [-0.3, -0.25) is 9.59 Å². The fourth-order valence-electron chi connectivity index (χ4n) is 4.76. The number of sulfonamides is 1. The third kappa shape index (κ3) is 3.74. The largest absolute Gasteiger partial charge is 0.332 e. The van der Waals surface area contributed by atoms with E-state index in [9.17, 15) is 18.0 Å². The van der Waals surface area contributed by atoms with Crippen molar-refractivity contribution in [2.45, 2.75) is 64.0 Å². The van der Waals surface area contributed by atoms with Crippen LogP contribution in [0, 0.1) is 5.92 Å². The van der Waals surface area contributed by atoms with Gasteiger partial charge in [0.25, 0.3) is 5.56 Å². The highest BCUT2D eigenvalue weighted by atomic mass is 32.2. The van der Waals surface area contributed by atoms with E-state index in [0.29, 0.717) is 36.6 Å². The first-order valence-electron chi connectivity index (χ1n) is 10.2. The molecule has 28 heavy (non-hydrogen) atoms. The molecule has 1 aliphatic carbocycles. The minimum absolute atomic E-state index is 0.0886. The van der Waals surface area contributed by atoms with Gasteiger partial charge in [-0.1, -0.05) is 12.8 Å². The Labute approximate surface area is 165 Å². The molecule has 1 N–H and O–H groups in total. The van der Waals surface area contributed by atoms with E-state index in [1.807, 2.05) is 4.90 Å². The zero-order valence-corrected chi connectivity index (χ0v) is 17.1. The van der Waals surface area contributed by atoms with E-state index >= 15 is 0 Å². The number of amides is 1. The Hall–Kier alpha value is -1.74. The molecule has 0 bridgehead atoms. The fraction of sp³-hybridized carbons (Fsp3) is 0.737. The summed E-state index contributed by atoms with van der Waals surface area (Å²) in [6, 6.07) is -0.228. The molecule has 4 rings (SSSR count). The molecule has 2 fully saturated rings. The van der Waals surface area contributed by atoms with E-state index in [2.05, 4.69) is 9.97 Å². The number of H-pyrrole nitrogens is 1. The molecule has 1 atom stereocenters.